The fourth-order valence-electron chi connectivity index (χ4n) is 2.67. The number of likely N-dealkylation sites (tertiary alicyclic amines) is 1. The van der Waals surface area contributed by atoms with Gasteiger partial charge in [0.25, 0.3) is 0 Å². The average molecular weight is 240 g/mol. The molecule has 6 heteroatoms. The molecule has 2 aliphatic rings. The summed E-state index contributed by atoms with van der Waals surface area (Å²) in [5, 5.41) is 9.34. The van der Waals surface area contributed by atoms with E-state index >= 15 is 0 Å². The van der Waals surface area contributed by atoms with Gasteiger partial charge >= 0.3 is 0 Å². The molecule has 3 atom stereocenters. The molecular weight excluding hydrogens is 224 g/mol. The number of carbonyl (C=O) groups excluding carboxylic acids is 3. The molecule has 0 aromatic rings. The molecule has 0 spiro atoms. The number of hydrogen-bond acceptors (Lipinski definition) is 4. The Labute approximate surface area is 98.8 Å². The van der Waals surface area contributed by atoms with E-state index in [1.54, 1.807) is 0 Å². The van der Waals surface area contributed by atoms with E-state index in [-0.39, 0.29) is 30.2 Å². The SMILES string of the molecule is NC(=O)C(O)CN1C(=O)C2CCCCC2C1=O. The van der Waals surface area contributed by atoms with Crippen LogP contribution in [0.3, 0.4) is 0 Å². The van der Waals surface area contributed by atoms with Crippen LogP contribution in [0.2, 0.25) is 0 Å². The first-order valence-corrected chi connectivity index (χ1v) is 5.85. The first-order chi connectivity index (χ1) is 8.02. The fourth-order valence-corrected chi connectivity index (χ4v) is 2.67. The summed E-state index contributed by atoms with van der Waals surface area (Å²) in [4.78, 5) is 35.6. The van der Waals surface area contributed by atoms with E-state index in [9.17, 15) is 19.5 Å². The van der Waals surface area contributed by atoms with Gasteiger partial charge in [-0.25, -0.2) is 0 Å². The lowest BCUT2D eigenvalue weighted by Crippen LogP contribution is -2.43. The Kier molecular flexibility index (Phi) is 3.15. The highest BCUT2D eigenvalue weighted by Crippen LogP contribution is 2.37. The Morgan fingerprint density at radius 2 is 1.76 bits per heavy atom. The molecule has 1 aliphatic heterocycles. The van der Waals surface area contributed by atoms with Gasteiger partial charge in [0, 0.05) is 0 Å². The molecule has 1 saturated carbocycles. The van der Waals surface area contributed by atoms with Gasteiger partial charge in [0.05, 0.1) is 18.4 Å². The monoisotopic (exact) mass is 240 g/mol. The molecule has 6 nitrogen and oxygen atoms in total. The third-order valence-electron chi connectivity index (χ3n) is 3.62. The van der Waals surface area contributed by atoms with Crippen molar-refractivity contribution in [2.75, 3.05) is 6.54 Å². The van der Waals surface area contributed by atoms with E-state index in [2.05, 4.69) is 0 Å². The van der Waals surface area contributed by atoms with Crippen LogP contribution in [0.5, 0.6) is 0 Å². The van der Waals surface area contributed by atoms with Crippen LogP contribution in [0, 0.1) is 11.8 Å². The minimum Gasteiger partial charge on any atom is -0.381 e. The van der Waals surface area contributed by atoms with E-state index in [4.69, 9.17) is 5.73 Å². The summed E-state index contributed by atoms with van der Waals surface area (Å²) in [5.74, 6) is -1.95. The molecular formula is C11H16N2O4. The molecule has 94 valence electrons. The second-order valence-electron chi connectivity index (χ2n) is 4.70. The first-order valence-electron chi connectivity index (χ1n) is 5.85. The van der Waals surface area contributed by atoms with Gasteiger partial charge in [0.2, 0.25) is 17.7 Å². The van der Waals surface area contributed by atoms with Gasteiger partial charge in [-0.05, 0) is 12.8 Å². The Hall–Kier alpha value is -1.43. The van der Waals surface area contributed by atoms with Crippen LogP contribution in [-0.2, 0) is 14.4 Å². The van der Waals surface area contributed by atoms with Crippen LogP contribution in [0.4, 0.5) is 0 Å². The zero-order valence-corrected chi connectivity index (χ0v) is 9.46. The van der Waals surface area contributed by atoms with Gasteiger partial charge in [-0.2, -0.15) is 0 Å². The lowest BCUT2D eigenvalue weighted by molar-refractivity contribution is -0.142. The van der Waals surface area contributed by atoms with Gasteiger partial charge in [-0.3, -0.25) is 19.3 Å². The molecule has 3 N–H and O–H groups in total. The number of β-amino-alcohol motifs (C(OH)–C–C–N with tert-alkyl or cyclic N) is 1. The van der Waals surface area contributed by atoms with Crippen molar-refractivity contribution in [3.63, 3.8) is 0 Å². The predicted octanol–water partition coefficient (Wildman–Crippen LogP) is -0.992. The molecule has 1 heterocycles. The van der Waals surface area contributed by atoms with Crippen molar-refractivity contribution in [1.29, 1.82) is 0 Å². The minimum absolute atomic E-state index is 0.253. The predicted molar refractivity (Wildman–Crippen MR) is 57.4 cm³/mol. The number of nitrogens with two attached hydrogens (primary N) is 1. The largest absolute Gasteiger partial charge is 0.381 e. The summed E-state index contributed by atoms with van der Waals surface area (Å²) in [6.07, 6.45) is 1.87. The molecule has 17 heavy (non-hydrogen) atoms. The Morgan fingerprint density at radius 1 is 1.29 bits per heavy atom. The topological polar surface area (TPSA) is 101 Å². The quantitative estimate of drug-likeness (QED) is 0.618. The number of primary amides is 1. The van der Waals surface area contributed by atoms with Crippen molar-refractivity contribution in [2.24, 2.45) is 17.6 Å². The van der Waals surface area contributed by atoms with Crippen LogP contribution < -0.4 is 5.73 Å². The van der Waals surface area contributed by atoms with E-state index < -0.39 is 12.0 Å². The number of nitrogens with zero attached hydrogens (tertiary/aromatic N) is 1. The van der Waals surface area contributed by atoms with Crippen LogP contribution in [0.15, 0.2) is 0 Å². The van der Waals surface area contributed by atoms with Gasteiger partial charge in [-0.15, -0.1) is 0 Å². The number of fused-ring (bicyclic) bond motifs is 1. The first kappa shape index (κ1) is 12.0. The smallest absolute Gasteiger partial charge is 0.248 e. The lowest BCUT2D eigenvalue weighted by Gasteiger charge is -2.19. The zero-order valence-electron chi connectivity index (χ0n) is 9.46. The number of amides is 3. The normalized spacial score (nSPS) is 30.3. The Balaban J connectivity index is 2.10. The van der Waals surface area contributed by atoms with Crippen LogP contribution in [0.1, 0.15) is 25.7 Å². The van der Waals surface area contributed by atoms with E-state index in [0.717, 1.165) is 30.6 Å². The highest BCUT2D eigenvalue weighted by Gasteiger charge is 2.48. The molecule has 0 aromatic heterocycles. The molecule has 0 radical (unpaired) electrons. The van der Waals surface area contributed by atoms with Crippen LogP contribution in [-0.4, -0.2) is 40.4 Å². The van der Waals surface area contributed by atoms with Crippen molar-refractivity contribution < 1.29 is 19.5 Å². The molecule has 0 bridgehead atoms. The molecule has 3 amide bonds. The summed E-state index contributed by atoms with van der Waals surface area (Å²) < 4.78 is 0. The van der Waals surface area contributed by atoms with Crippen molar-refractivity contribution in [1.82, 2.24) is 4.90 Å². The zero-order chi connectivity index (χ0) is 12.6. The molecule has 0 aromatic carbocycles. The van der Waals surface area contributed by atoms with E-state index in [1.807, 2.05) is 0 Å². The lowest BCUT2D eigenvalue weighted by atomic mass is 9.81. The van der Waals surface area contributed by atoms with Gasteiger partial charge in [0.1, 0.15) is 0 Å². The van der Waals surface area contributed by atoms with Crippen LogP contribution in [0.25, 0.3) is 0 Å². The number of carbonyl (C=O) groups is 3. The molecule has 3 unspecified atom stereocenters. The molecule has 2 fully saturated rings. The van der Waals surface area contributed by atoms with Gasteiger partial charge < -0.3 is 10.8 Å². The molecule has 2 rings (SSSR count). The Morgan fingerprint density at radius 3 is 2.18 bits per heavy atom. The fraction of sp³-hybridized carbons (Fsp3) is 0.727. The average Bonchev–Trinajstić information content (AvgIpc) is 2.55. The van der Waals surface area contributed by atoms with Crippen molar-refractivity contribution >= 4 is 17.7 Å². The van der Waals surface area contributed by atoms with E-state index in [1.165, 1.54) is 0 Å². The summed E-state index contributed by atoms with van der Waals surface area (Å²) in [6.45, 7) is -0.306. The third-order valence-corrected chi connectivity index (χ3v) is 3.62. The highest BCUT2D eigenvalue weighted by atomic mass is 16.3. The number of rotatable bonds is 3. The van der Waals surface area contributed by atoms with Gasteiger partial charge in [0.15, 0.2) is 6.10 Å². The maximum Gasteiger partial charge on any atom is 0.248 e. The minimum atomic E-state index is -1.47. The molecule has 1 saturated heterocycles. The standard InChI is InChI=1S/C11H16N2O4/c12-9(15)8(14)5-13-10(16)6-3-1-2-4-7(6)11(13)17/h6-8,14H,1-5H2,(H2,12,15). The van der Waals surface area contributed by atoms with Crippen molar-refractivity contribution in [2.45, 2.75) is 31.8 Å². The summed E-state index contributed by atoms with van der Waals surface area (Å²) in [6, 6.07) is 0. The second kappa shape index (κ2) is 4.44. The maximum absolute atomic E-state index is 12.0. The third kappa shape index (κ3) is 2.04. The second-order valence-corrected chi connectivity index (χ2v) is 4.70. The maximum atomic E-state index is 12.0. The van der Waals surface area contributed by atoms with E-state index in [0.29, 0.717) is 0 Å². The summed E-state index contributed by atoms with van der Waals surface area (Å²) in [7, 11) is 0. The number of aliphatic hydroxyl groups excluding tert-OH is 1. The molecule has 1 aliphatic carbocycles. The van der Waals surface area contributed by atoms with Crippen LogP contribution >= 0.6 is 0 Å². The number of aliphatic hydroxyl groups is 1. The van der Waals surface area contributed by atoms with Gasteiger partial charge in [-0.1, -0.05) is 12.8 Å². The number of imide groups is 1. The highest BCUT2D eigenvalue weighted by molar-refractivity contribution is 6.05. The van der Waals surface area contributed by atoms with Crippen molar-refractivity contribution in [3.8, 4) is 0 Å². The summed E-state index contributed by atoms with van der Waals surface area (Å²) >= 11 is 0. The summed E-state index contributed by atoms with van der Waals surface area (Å²) in [5.41, 5.74) is 4.91. The Bertz CT molecular complexity index is 344. The van der Waals surface area contributed by atoms with Crippen molar-refractivity contribution in [3.05, 3.63) is 0 Å². The number of hydrogen-bond donors (Lipinski definition) is 2.